The van der Waals surface area contributed by atoms with Gasteiger partial charge in [0.25, 0.3) is 0 Å². The Morgan fingerprint density at radius 2 is 2.17 bits per heavy atom. The molecule has 0 spiro atoms. The number of nitro groups is 1. The van der Waals surface area contributed by atoms with Gasteiger partial charge in [0.2, 0.25) is 0 Å². The summed E-state index contributed by atoms with van der Waals surface area (Å²) < 4.78 is 2.78. The molecule has 0 bridgehead atoms. The standard InChI is InChI=1S/C7H5N2O2Se/c8-5-12-7-4-2-1-3-6(7)9(10)11/h1-4,8H. The number of hydrogen-bond acceptors (Lipinski definition) is 3. The van der Waals surface area contributed by atoms with E-state index in [0.29, 0.717) is 4.46 Å². The van der Waals surface area contributed by atoms with Crippen molar-refractivity contribution < 1.29 is 4.92 Å². The van der Waals surface area contributed by atoms with Gasteiger partial charge in [0, 0.05) is 0 Å². The summed E-state index contributed by atoms with van der Waals surface area (Å²) in [6.07, 6.45) is 0. The molecule has 0 heterocycles. The van der Waals surface area contributed by atoms with Crippen LogP contribution in [-0.2, 0) is 0 Å². The summed E-state index contributed by atoms with van der Waals surface area (Å²) in [6, 6.07) is 6.43. The van der Waals surface area contributed by atoms with Gasteiger partial charge in [-0.25, -0.2) is 0 Å². The van der Waals surface area contributed by atoms with E-state index < -0.39 is 4.92 Å². The summed E-state index contributed by atoms with van der Waals surface area (Å²) in [6.45, 7) is 0. The quantitative estimate of drug-likeness (QED) is 0.344. The third kappa shape index (κ3) is 1.86. The van der Waals surface area contributed by atoms with Crippen LogP contribution in [0.4, 0.5) is 5.69 Å². The number of nitro benzene ring substituents is 1. The number of hydrogen-bond donors (Lipinski definition) is 1. The molecular weight excluding hydrogens is 223 g/mol. The molecule has 0 saturated heterocycles. The van der Waals surface area contributed by atoms with Crippen molar-refractivity contribution in [2.75, 3.05) is 0 Å². The van der Waals surface area contributed by atoms with Crippen LogP contribution < -0.4 is 4.46 Å². The molecule has 0 aliphatic heterocycles. The molecule has 1 aromatic rings. The Labute approximate surface area is 74.6 Å². The topological polar surface area (TPSA) is 67.0 Å². The molecule has 0 aromatic heterocycles. The predicted molar refractivity (Wildman–Crippen MR) is 46.2 cm³/mol. The molecular formula is C7H5N2O2Se. The molecule has 61 valence electrons. The van der Waals surface area contributed by atoms with E-state index in [0.717, 1.165) is 0 Å². The van der Waals surface area contributed by atoms with Crippen molar-refractivity contribution in [1.82, 2.24) is 0 Å². The summed E-state index contributed by atoms with van der Waals surface area (Å²) in [4.78, 5) is 9.99. The fourth-order valence-corrected chi connectivity index (χ4v) is 1.81. The summed E-state index contributed by atoms with van der Waals surface area (Å²) >= 11 is -0.344. The van der Waals surface area contributed by atoms with E-state index in [2.05, 4.69) is 4.71 Å². The zero-order valence-corrected chi connectivity index (χ0v) is 7.69. The Morgan fingerprint density at radius 1 is 1.50 bits per heavy atom. The second-order valence-corrected chi connectivity index (χ2v) is 3.71. The number of rotatable bonds is 2. The molecule has 1 aromatic carbocycles. The molecule has 0 amide bonds. The van der Waals surface area contributed by atoms with Gasteiger partial charge in [-0.2, -0.15) is 0 Å². The van der Waals surface area contributed by atoms with Crippen molar-refractivity contribution in [3.05, 3.63) is 34.4 Å². The minimum absolute atomic E-state index is 0.0808. The molecule has 1 rings (SSSR count). The van der Waals surface area contributed by atoms with E-state index in [4.69, 9.17) is 5.41 Å². The molecule has 0 aliphatic rings. The van der Waals surface area contributed by atoms with Gasteiger partial charge in [-0.3, -0.25) is 0 Å². The average molecular weight is 228 g/mol. The van der Waals surface area contributed by atoms with Crippen LogP contribution in [0.5, 0.6) is 0 Å². The zero-order valence-electron chi connectivity index (χ0n) is 5.98. The van der Waals surface area contributed by atoms with E-state index >= 15 is 0 Å². The second kappa shape index (κ2) is 3.93. The summed E-state index contributed by atoms with van der Waals surface area (Å²) in [5.74, 6) is 0. The van der Waals surface area contributed by atoms with Gasteiger partial charge in [-0.1, -0.05) is 0 Å². The molecule has 5 heteroatoms. The second-order valence-electron chi connectivity index (χ2n) is 1.93. The molecule has 0 saturated carbocycles. The van der Waals surface area contributed by atoms with Crippen LogP contribution in [0.1, 0.15) is 0 Å². The van der Waals surface area contributed by atoms with E-state index in [1.807, 2.05) is 0 Å². The predicted octanol–water partition coefficient (Wildman–Crippen LogP) is 0.408. The Morgan fingerprint density at radius 3 is 2.75 bits per heavy atom. The van der Waals surface area contributed by atoms with E-state index in [1.54, 1.807) is 18.2 Å². The van der Waals surface area contributed by atoms with Crippen molar-refractivity contribution >= 4 is 29.4 Å². The monoisotopic (exact) mass is 229 g/mol. The van der Waals surface area contributed by atoms with Gasteiger partial charge in [-0.15, -0.1) is 0 Å². The van der Waals surface area contributed by atoms with Crippen LogP contribution in [0.2, 0.25) is 0 Å². The van der Waals surface area contributed by atoms with Crippen molar-refractivity contribution in [2.24, 2.45) is 0 Å². The summed E-state index contributed by atoms with van der Waals surface area (Å²) in [5, 5.41) is 17.2. The van der Waals surface area contributed by atoms with Crippen LogP contribution >= 0.6 is 0 Å². The first-order chi connectivity index (χ1) is 5.75. The molecule has 1 N–H and O–H groups in total. The van der Waals surface area contributed by atoms with Crippen molar-refractivity contribution in [2.45, 2.75) is 0 Å². The molecule has 0 unspecified atom stereocenters. The summed E-state index contributed by atoms with van der Waals surface area (Å²) in [7, 11) is 0. The van der Waals surface area contributed by atoms with Crippen LogP contribution in [0, 0.1) is 15.5 Å². The molecule has 0 aliphatic carbocycles. The van der Waals surface area contributed by atoms with Crippen LogP contribution in [-0.4, -0.2) is 24.2 Å². The van der Waals surface area contributed by atoms with Gasteiger partial charge in [0.15, 0.2) is 0 Å². The number of benzene rings is 1. The molecule has 0 fully saturated rings. The first-order valence-electron chi connectivity index (χ1n) is 3.07. The normalized spacial score (nSPS) is 8.67. The number of nitrogens with one attached hydrogen (secondary N) is 1. The number of nitrogens with zero attached hydrogens (tertiary/aromatic N) is 1. The van der Waals surface area contributed by atoms with Crippen LogP contribution in [0.3, 0.4) is 0 Å². The Hall–Kier alpha value is -1.28. The van der Waals surface area contributed by atoms with E-state index in [1.165, 1.54) is 6.07 Å². The first kappa shape index (κ1) is 8.81. The third-order valence-corrected chi connectivity index (χ3v) is 2.62. The van der Waals surface area contributed by atoms with Crippen molar-refractivity contribution in [3.63, 3.8) is 0 Å². The van der Waals surface area contributed by atoms with E-state index in [9.17, 15) is 10.1 Å². The van der Waals surface area contributed by atoms with Crippen LogP contribution in [0.25, 0.3) is 0 Å². The fraction of sp³-hybridized carbons (Fsp3) is 0. The Kier molecular flexibility index (Phi) is 2.88. The van der Waals surface area contributed by atoms with Gasteiger partial charge in [0.05, 0.1) is 0 Å². The van der Waals surface area contributed by atoms with Crippen molar-refractivity contribution in [3.8, 4) is 0 Å². The SMILES string of the molecule is N=C=[Se]c1ccccc1[N+](=O)[O-]. The van der Waals surface area contributed by atoms with Gasteiger partial charge in [0.1, 0.15) is 0 Å². The Bertz CT molecular complexity index is 337. The van der Waals surface area contributed by atoms with Crippen molar-refractivity contribution in [1.29, 1.82) is 5.41 Å². The van der Waals surface area contributed by atoms with E-state index in [-0.39, 0.29) is 20.2 Å². The molecule has 12 heavy (non-hydrogen) atoms. The maximum absolute atomic E-state index is 10.4. The average Bonchev–Trinajstić information content (AvgIpc) is 2.05. The maximum atomic E-state index is 10.4. The summed E-state index contributed by atoms with van der Waals surface area (Å²) in [5.41, 5.74) is 0.0808. The van der Waals surface area contributed by atoms with Gasteiger partial charge in [-0.05, 0) is 0 Å². The molecule has 0 atom stereocenters. The molecule has 1 radical (unpaired) electrons. The van der Waals surface area contributed by atoms with Gasteiger partial charge >= 0.3 is 74.1 Å². The van der Waals surface area contributed by atoms with Crippen LogP contribution in [0.15, 0.2) is 24.3 Å². The molecule has 4 nitrogen and oxygen atoms in total. The zero-order chi connectivity index (χ0) is 8.97. The minimum atomic E-state index is -0.436. The fourth-order valence-electron chi connectivity index (χ4n) is 0.749. The third-order valence-electron chi connectivity index (χ3n) is 1.22. The Balaban J connectivity index is 3.26. The first-order valence-corrected chi connectivity index (χ1v) is 4.79. The van der Waals surface area contributed by atoms with Gasteiger partial charge < -0.3 is 0 Å². The number of para-hydroxylation sites is 1.